The van der Waals surface area contributed by atoms with E-state index in [0.29, 0.717) is 5.92 Å². The number of hydrogen-bond acceptors (Lipinski definition) is 1. The molecule has 0 saturated heterocycles. The van der Waals surface area contributed by atoms with Crippen molar-refractivity contribution in [2.24, 2.45) is 11.7 Å². The highest BCUT2D eigenvalue weighted by atomic mass is 79.9. The van der Waals surface area contributed by atoms with Gasteiger partial charge in [-0.25, -0.2) is 0 Å². The molecule has 0 spiro atoms. The zero-order valence-electron chi connectivity index (χ0n) is 8.84. The molecule has 4 heteroatoms. The molecule has 0 unspecified atom stereocenters. The molecule has 86 valence electrons. The van der Waals surface area contributed by atoms with Crippen molar-refractivity contribution in [3.63, 3.8) is 0 Å². The van der Waals surface area contributed by atoms with Crippen LogP contribution in [0.5, 0.6) is 0 Å². The number of rotatable bonds is 3. The molecule has 1 aromatic rings. The number of benzene rings is 1. The third-order valence-electron chi connectivity index (χ3n) is 2.08. The molecule has 0 aliphatic heterocycles. The highest BCUT2D eigenvalue weighted by molar-refractivity contribution is 9.10. The van der Waals surface area contributed by atoms with Crippen molar-refractivity contribution in [2.45, 2.75) is 26.3 Å². The molecule has 0 aromatic heterocycles. The third kappa shape index (κ3) is 4.73. The zero-order valence-corrected chi connectivity index (χ0v) is 12.0. The molecule has 1 rings (SSSR count). The van der Waals surface area contributed by atoms with Crippen LogP contribution >= 0.6 is 39.9 Å². The van der Waals surface area contributed by atoms with E-state index in [0.717, 1.165) is 21.5 Å². The van der Waals surface area contributed by atoms with Crippen LogP contribution in [0.1, 0.15) is 31.9 Å². The number of nitrogens with two attached hydrogens (primary N) is 1. The highest BCUT2D eigenvalue weighted by Crippen LogP contribution is 2.28. The van der Waals surface area contributed by atoms with Crippen molar-refractivity contribution < 1.29 is 0 Å². The second-order valence-electron chi connectivity index (χ2n) is 3.90. The minimum absolute atomic E-state index is 0. The Hall–Kier alpha value is 0.240. The van der Waals surface area contributed by atoms with E-state index in [4.69, 9.17) is 17.3 Å². The molecule has 1 atom stereocenters. The van der Waals surface area contributed by atoms with Gasteiger partial charge in [-0.3, -0.25) is 0 Å². The lowest BCUT2D eigenvalue weighted by Gasteiger charge is -2.16. The first-order valence-corrected chi connectivity index (χ1v) is 5.88. The molecule has 1 nitrogen and oxygen atoms in total. The molecular weight excluding hydrogens is 297 g/mol. The molecule has 0 radical (unpaired) electrons. The fourth-order valence-corrected chi connectivity index (χ4v) is 2.07. The molecule has 0 heterocycles. The summed E-state index contributed by atoms with van der Waals surface area (Å²) in [7, 11) is 0. The maximum atomic E-state index is 6.07. The van der Waals surface area contributed by atoms with Crippen molar-refractivity contribution in [3.8, 4) is 0 Å². The quantitative estimate of drug-likeness (QED) is 0.869. The van der Waals surface area contributed by atoms with Gasteiger partial charge in [-0.05, 0) is 36.1 Å². The van der Waals surface area contributed by atoms with Crippen LogP contribution in [0, 0.1) is 5.92 Å². The van der Waals surface area contributed by atoms with Gasteiger partial charge in [0.05, 0.1) is 0 Å². The van der Waals surface area contributed by atoms with E-state index in [1.54, 1.807) is 0 Å². The van der Waals surface area contributed by atoms with Gasteiger partial charge in [0.1, 0.15) is 0 Å². The summed E-state index contributed by atoms with van der Waals surface area (Å²) in [6, 6.07) is 5.82. The molecule has 0 bridgehead atoms. The summed E-state index contributed by atoms with van der Waals surface area (Å²) < 4.78 is 1.02. The smallest absolute Gasteiger partial charge is 0.0454 e. The van der Waals surface area contributed by atoms with Gasteiger partial charge in [-0.15, -0.1) is 12.4 Å². The zero-order chi connectivity index (χ0) is 10.7. The first-order chi connectivity index (χ1) is 6.50. The first kappa shape index (κ1) is 15.2. The summed E-state index contributed by atoms with van der Waals surface area (Å²) in [4.78, 5) is 0. The lowest BCUT2D eigenvalue weighted by atomic mass is 9.98. The Morgan fingerprint density at radius 1 is 1.40 bits per heavy atom. The molecule has 0 amide bonds. The maximum Gasteiger partial charge on any atom is 0.0454 e. The van der Waals surface area contributed by atoms with E-state index in [1.165, 1.54) is 0 Å². The number of halogens is 3. The largest absolute Gasteiger partial charge is 0.324 e. The predicted molar refractivity (Wildman–Crippen MR) is 72.8 cm³/mol. The molecule has 15 heavy (non-hydrogen) atoms. The lowest BCUT2D eigenvalue weighted by molar-refractivity contribution is 0.510. The SMILES string of the molecule is CC(C)C[C@@H](N)c1cc(Br)ccc1Cl.Cl. The van der Waals surface area contributed by atoms with E-state index in [-0.39, 0.29) is 18.4 Å². The highest BCUT2D eigenvalue weighted by Gasteiger charge is 2.11. The molecule has 0 saturated carbocycles. The van der Waals surface area contributed by atoms with Crippen LogP contribution in [-0.4, -0.2) is 0 Å². The van der Waals surface area contributed by atoms with Crippen molar-refractivity contribution in [3.05, 3.63) is 33.3 Å². The van der Waals surface area contributed by atoms with Gasteiger partial charge in [0.15, 0.2) is 0 Å². The summed E-state index contributed by atoms with van der Waals surface area (Å²) in [5, 5.41) is 0.751. The summed E-state index contributed by atoms with van der Waals surface area (Å²) in [5.41, 5.74) is 7.08. The predicted octanol–water partition coefficient (Wildman–Crippen LogP) is 4.57. The van der Waals surface area contributed by atoms with Gasteiger partial charge in [0.25, 0.3) is 0 Å². The standard InChI is InChI=1S/C11H15BrClN.ClH/c1-7(2)5-11(14)9-6-8(12)3-4-10(9)13;/h3-4,6-7,11H,5,14H2,1-2H3;1H/t11-;/m1./s1. The van der Waals surface area contributed by atoms with Crippen molar-refractivity contribution in [2.75, 3.05) is 0 Å². The maximum absolute atomic E-state index is 6.07. The molecular formula is C11H16BrCl2N. The van der Waals surface area contributed by atoms with Crippen LogP contribution in [0.4, 0.5) is 0 Å². The molecule has 0 aliphatic carbocycles. The van der Waals surface area contributed by atoms with Crippen LogP contribution in [0.3, 0.4) is 0 Å². The van der Waals surface area contributed by atoms with Gasteiger partial charge in [-0.1, -0.05) is 41.4 Å². The average molecular weight is 313 g/mol. The van der Waals surface area contributed by atoms with Gasteiger partial charge in [-0.2, -0.15) is 0 Å². The summed E-state index contributed by atoms with van der Waals surface area (Å²) >= 11 is 9.49. The normalized spacial score (nSPS) is 12.4. The summed E-state index contributed by atoms with van der Waals surface area (Å²) in [5.74, 6) is 0.583. The van der Waals surface area contributed by atoms with Crippen LogP contribution in [0.2, 0.25) is 5.02 Å². The Morgan fingerprint density at radius 3 is 2.53 bits per heavy atom. The Bertz CT molecular complexity index is 315. The summed E-state index contributed by atoms with van der Waals surface area (Å²) in [6.45, 7) is 4.32. The average Bonchev–Trinajstić information content (AvgIpc) is 2.08. The van der Waals surface area contributed by atoms with E-state index in [1.807, 2.05) is 18.2 Å². The van der Waals surface area contributed by atoms with Crippen molar-refractivity contribution >= 4 is 39.9 Å². The van der Waals surface area contributed by atoms with Crippen molar-refractivity contribution in [1.82, 2.24) is 0 Å². The van der Waals surface area contributed by atoms with Crippen LogP contribution in [-0.2, 0) is 0 Å². The second-order valence-corrected chi connectivity index (χ2v) is 5.22. The van der Waals surface area contributed by atoms with E-state index >= 15 is 0 Å². The van der Waals surface area contributed by atoms with Gasteiger partial charge in [0, 0.05) is 15.5 Å². The van der Waals surface area contributed by atoms with Crippen LogP contribution < -0.4 is 5.73 Å². The molecule has 1 aromatic carbocycles. The number of hydrogen-bond donors (Lipinski definition) is 1. The fraction of sp³-hybridized carbons (Fsp3) is 0.455. The molecule has 0 fully saturated rings. The van der Waals surface area contributed by atoms with Gasteiger partial charge < -0.3 is 5.73 Å². The van der Waals surface area contributed by atoms with E-state index in [9.17, 15) is 0 Å². The monoisotopic (exact) mass is 311 g/mol. The minimum atomic E-state index is 0. The first-order valence-electron chi connectivity index (χ1n) is 4.71. The Kier molecular flexibility index (Phi) is 6.85. The Labute approximate surface area is 111 Å². The lowest BCUT2D eigenvalue weighted by Crippen LogP contribution is -2.13. The van der Waals surface area contributed by atoms with Gasteiger partial charge in [0.2, 0.25) is 0 Å². The van der Waals surface area contributed by atoms with Crippen LogP contribution in [0.25, 0.3) is 0 Å². The molecule has 0 aliphatic rings. The molecule has 2 N–H and O–H groups in total. The third-order valence-corrected chi connectivity index (χ3v) is 2.92. The minimum Gasteiger partial charge on any atom is -0.324 e. The van der Waals surface area contributed by atoms with Crippen molar-refractivity contribution in [1.29, 1.82) is 0 Å². The topological polar surface area (TPSA) is 26.0 Å². The van der Waals surface area contributed by atoms with Gasteiger partial charge >= 0.3 is 0 Å². The Balaban J connectivity index is 0.00000196. The Morgan fingerprint density at radius 2 is 2.00 bits per heavy atom. The van der Waals surface area contributed by atoms with E-state index in [2.05, 4.69) is 29.8 Å². The summed E-state index contributed by atoms with van der Waals surface area (Å²) in [6.07, 6.45) is 0.955. The fourth-order valence-electron chi connectivity index (χ4n) is 1.43. The van der Waals surface area contributed by atoms with Crippen LogP contribution in [0.15, 0.2) is 22.7 Å². The second kappa shape index (κ2) is 6.74. The van der Waals surface area contributed by atoms with E-state index < -0.39 is 0 Å².